The molecule has 0 radical (unpaired) electrons. The highest BCUT2D eigenvalue weighted by atomic mass is 19.4. The molecular formula is C14H12F3N3O2. The quantitative estimate of drug-likeness (QED) is 0.673. The average Bonchev–Trinajstić information content (AvgIpc) is 2.87. The Labute approximate surface area is 123 Å². The topological polar surface area (TPSA) is 74.3 Å². The van der Waals surface area contributed by atoms with E-state index in [1.807, 2.05) is 0 Å². The van der Waals surface area contributed by atoms with Crippen LogP contribution in [0.2, 0.25) is 0 Å². The van der Waals surface area contributed by atoms with Gasteiger partial charge in [0.05, 0.1) is 12.0 Å². The summed E-state index contributed by atoms with van der Waals surface area (Å²) in [5.41, 5.74) is 3.08. The number of benzene rings is 1. The Morgan fingerprint density at radius 2 is 1.95 bits per heavy atom. The Kier molecular flexibility index (Phi) is 4.30. The second-order valence-corrected chi connectivity index (χ2v) is 4.63. The fourth-order valence-electron chi connectivity index (χ4n) is 1.84. The standard InChI is InChI=1S/C14H12F3N3O2/c1-8(6-12(21)14(15,16)17)19-20-13(22)10-7-18-11-5-3-2-4-9(10)11/h2-5,7,18H,6H2,1H3,(H,20,22)/b19-8+. The number of H-pyrrole nitrogens is 1. The minimum Gasteiger partial charge on any atom is -0.360 e. The predicted octanol–water partition coefficient (Wildman–Crippen LogP) is 2.80. The van der Waals surface area contributed by atoms with Crippen molar-refractivity contribution in [3.63, 3.8) is 0 Å². The molecule has 1 amide bonds. The number of Topliss-reactive ketones (excluding diaryl/α,β-unsaturated/α-hetero) is 1. The van der Waals surface area contributed by atoms with Gasteiger partial charge in [0.25, 0.3) is 5.91 Å². The molecule has 116 valence electrons. The lowest BCUT2D eigenvalue weighted by atomic mass is 10.2. The molecule has 1 aromatic heterocycles. The van der Waals surface area contributed by atoms with Gasteiger partial charge in [-0.05, 0) is 13.0 Å². The molecule has 0 atom stereocenters. The molecule has 2 N–H and O–H groups in total. The zero-order chi connectivity index (χ0) is 16.3. The third-order valence-electron chi connectivity index (χ3n) is 2.91. The summed E-state index contributed by atoms with van der Waals surface area (Å²) in [6.07, 6.45) is -4.32. The zero-order valence-corrected chi connectivity index (χ0v) is 11.5. The number of ketones is 1. The van der Waals surface area contributed by atoms with Crippen molar-refractivity contribution >= 4 is 28.3 Å². The number of nitrogens with zero attached hydrogens (tertiary/aromatic N) is 1. The molecule has 0 aliphatic rings. The monoisotopic (exact) mass is 311 g/mol. The normalized spacial score (nSPS) is 12.5. The van der Waals surface area contributed by atoms with Gasteiger partial charge in [0.2, 0.25) is 5.78 Å². The van der Waals surface area contributed by atoms with E-state index in [0.29, 0.717) is 10.9 Å². The van der Waals surface area contributed by atoms with Crippen LogP contribution < -0.4 is 5.43 Å². The predicted molar refractivity (Wildman–Crippen MR) is 74.6 cm³/mol. The van der Waals surface area contributed by atoms with Gasteiger partial charge in [-0.1, -0.05) is 18.2 Å². The molecule has 0 unspecified atom stereocenters. The second kappa shape index (κ2) is 6.00. The highest BCUT2D eigenvalue weighted by molar-refractivity contribution is 6.08. The first kappa shape index (κ1) is 15.7. The number of hydrogen-bond donors (Lipinski definition) is 2. The van der Waals surface area contributed by atoms with Crippen molar-refractivity contribution in [3.05, 3.63) is 36.0 Å². The number of rotatable bonds is 4. The number of carbonyl (C=O) groups is 2. The molecule has 22 heavy (non-hydrogen) atoms. The van der Waals surface area contributed by atoms with Gasteiger partial charge in [0, 0.05) is 22.8 Å². The van der Waals surface area contributed by atoms with Crippen LogP contribution in [-0.2, 0) is 4.79 Å². The van der Waals surface area contributed by atoms with Crippen molar-refractivity contribution in [2.75, 3.05) is 0 Å². The first-order valence-corrected chi connectivity index (χ1v) is 6.28. The summed E-state index contributed by atoms with van der Waals surface area (Å²) in [7, 11) is 0. The van der Waals surface area contributed by atoms with Crippen LogP contribution in [0.4, 0.5) is 13.2 Å². The van der Waals surface area contributed by atoms with Crippen molar-refractivity contribution in [1.82, 2.24) is 10.4 Å². The van der Waals surface area contributed by atoms with Crippen LogP contribution in [0.25, 0.3) is 10.9 Å². The molecule has 0 bridgehead atoms. The summed E-state index contributed by atoms with van der Waals surface area (Å²) in [5.74, 6) is -2.48. The maximum absolute atomic E-state index is 12.1. The fraction of sp³-hybridized carbons (Fsp3) is 0.214. The van der Waals surface area contributed by atoms with Gasteiger partial charge >= 0.3 is 6.18 Å². The summed E-state index contributed by atoms with van der Waals surface area (Å²) in [5, 5.41) is 4.19. The van der Waals surface area contributed by atoms with Crippen LogP contribution >= 0.6 is 0 Å². The largest absolute Gasteiger partial charge is 0.450 e. The number of para-hydroxylation sites is 1. The zero-order valence-electron chi connectivity index (χ0n) is 11.5. The van der Waals surface area contributed by atoms with Crippen molar-refractivity contribution in [2.45, 2.75) is 19.5 Å². The summed E-state index contributed by atoms with van der Waals surface area (Å²) < 4.78 is 36.3. The first-order chi connectivity index (χ1) is 10.3. The highest BCUT2D eigenvalue weighted by Crippen LogP contribution is 2.18. The van der Waals surface area contributed by atoms with Gasteiger partial charge in [-0.2, -0.15) is 18.3 Å². The van der Waals surface area contributed by atoms with Crippen molar-refractivity contribution in [2.24, 2.45) is 5.10 Å². The molecule has 0 fully saturated rings. The molecule has 1 aromatic carbocycles. The van der Waals surface area contributed by atoms with E-state index >= 15 is 0 Å². The Hall–Kier alpha value is -2.64. The average molecular weight is 311 g/mol. The van der Waals surface area contributed by atoms with Crippen molar-refractivity contribution in [3.8, 4) is 0 Å². The molecule has 1 heterocycles. The molecule has 0 saturated heterocycles. The van der Waals surface area contributed by atoms with Gasteiger partial charge in [0.1, 0.15) is 0 Å². The van der Waals surface area contributed by atoms with Crippen LogP contribution in [0, 0.1) is 0 Å². The Morgan fingerprint density at radius 3 is 2.64 bits per heavy atom. The number of alkyl halides is 3. The number of fused-ring (bicyclic) bond motifs is 1. The first-order valence-electron chi connectivity index (χ1n) is 6.28. The highest BCUT2D eigenvalue weighted by Gasteiger charge is 2.38. The third-order valence-corrected chi connectivity index (χ3v) is 2.91. The van der Waals surface area contributed by atoms with E-state index < -0.39 is 24.3 Å². The van der Waals surface area contributed by atoms with E-state index in [1.54, 1.807) is 24.3 Å². The molecular weight excluding hydrogens is 299 g/mol. The van der Waals surface area contributed by atoms with Gasteiger partial charge in [-0.3, -0.25) is 9.59 Å². The van der Waals surface area contributed by atoms with E-state index in [-0.39, 0.29) is 5.71 Å². The Bertz CT molecular complexity index is 747. The maximum Gasteiger partial charge on any atom is 0.450 e. The van der Waals surface area contributed by atoms with Gasteiger partial charge in [-0.25, -0.2) is 5.43 Å². The van der Waals surface area contributed by atoms with Crippen LogP contribution in [0.15, 0.2) is 35.6 Å². The van der Waals surface area contributed by atoms with Crippen molar-refractivity contribution < 1.29 is 22.8 Å². The number of aromatic amines is 1. The number of carbonyl (C=O) groups excluding carboxylic acids is 2. The van der Waals surface area contributed by atoms with E-state index in [4.69, 9.17) is 0 Å². The Balaban J connectivity index is 2.06. The van der Waals surface area contributed by atoms with E-state index in [2.05, 4.69) is 15.5 Å². The van der Waals surface area contributed by atoms with E-state index in [9.17, 15) is 22.8 Å². The summed E-state index contributed by atoms with van der Waals surface area (Å²) >= 11 is 0. The molecule has 0 aliphatic carbocycles. The molecule has 0 saturated carbocycles. The molecule has 8 heteroatoms. The minimum atomic E-state index is -4.91. The SMILES string of the molecule is C/C(CC(=O)C(F)(F)F)=N\NC(=O)c1c[nH]c2ccccc12. The summed E-state index contributed by atoms with van der Waals surface area (Å²) in [6.45, 7) is 1.24. The maximum atomic E-state index is 12.1. The summed E-state index contributed by atoms with van der Waals surface area (Å²) in [4.78, 5) is 25.7. The van der Waals surface area contributed by atoms with Gasteiger partial charge < -0.3 is 4.98 Å². The molecule has 0 aliphatic heterocycles. The lowest BCUT2D eigenvalue weighted by Gasteiger charge is -2.05. The van der Waals surface area contributed by atoms with E-state index in [1.165, 1.54) is 13.1 Å². The number of hydrogen-bond acceptors (Lipinski definition) is 3. The minimum absolute atomic E-state index is 0.129. The lowest BCUT2D eigenvalue weighted by Crippen LogP contribution is -2.26. The molecule has 5 nitrogen and oxygen atoms in total. The number of nitrogens with one attached hydrogen (secondary N) is 2. The lowest BCUT2D eigenvalue weighted by molar-refractivity contribution is -0.169. The molecule has 0 spiro atoms. The molecule has 2 rings (SSSR count). The number of hydrazone groups is 1. The third kappa shape index (κ3) is 3.51. The Morgan fingerprint density at radius 1 is 1.27 bits per heavy atom. The van der Waals surface area contributed by atoms with Gasteiger partial charge in [-0.15, -0.1) is 0 Å². The van der Waals surface area contributed by atoms with Crippen LogP contribution in [0.1, 0.15) is 23.7 Å². The van der Waals surface area contributed by atoms with E-state index in [0.717, 1.165) is 5.52 Å². The fourth-order valence-corrected chi connectivity index (χ4v) is 1.84. The second-order valence-electron chi connectivity index (χ2n) is 4.63. The smallest absolute Gasteiger partial charge is 0.360 e. The molecule has 2 aromatic rings. The number of halogens is 3. The number of amides is 1. The van der Waals surface area contributed by atoms with Gasteiger partial charge in [0.15, 0.2) is 0 Å². The van der Waals surface area contributed by atoms with Crippen molar-refractivity contribution in [1.29, 1.82) is 0 Å². The van der Waals surface area contributed by atoms with Crippen LogP contribution in [-0.4, -0.2) is 28.6 Å². The summed E-state index contributed by atoms with van der Waals surface area (Å²) in [6, 6.07) is 7.06. The number of aromatic nitrogens is 1. The van der Waals surface area contributed by atoms with Crippen LogP contribution in [0.5, 0.6) is 0 Å². The van der Waals surface area contributed by atoms with Crippen LogP contribution in [0.3, 0.4) is 0 Å².